The average Bonchev–Trinajstić information content (AvgIpc) is 2.82. The maximum atomic E-state index is 13.9. The minimum Gasteiger partial charge on any atom is -0.464 e. The van der Waals surface area contributed by atoms with E-state index in [1.807, 2.05) is 0 Å². The number of alkyl halides is 1. The number of carbonyl (C=O) groups is 2. The fourth-order valence-corrected chi connectivity index (χ4v) is 3.08. The molecule has 0 spiro atoms. The summed E-state index contributed by atoms with van der Waals surface area (Å²) in [4.78, 5) is 25.5. The van der Waals surface area contributed by atoms with E-state index in [0.29, 0.717) is 12.8 Å². The summed E-state index contributed by atoms with van der Waals surface area (Å²) in [7, 11) is 0. The normalized spacial score (nSPS) is 32.4. The lowest BCUT2D eigenvalue weighted by atomic mass is 9.98. The van der Waals surface area contributed by atoms with E-state index in [2.05, 4.69) is 0 Å². The maximum Gasteiger partial charge on any atom is 0.411 e. The maximum absolute atomic E-state index is 13.9. The SMILES string of the molecule is CCOC(=O)[C@H]1[C@H]2CC(F)[C@H](C2)N1C(=O)OC(C)(C)C. The van der Waals surface area contributed by atoms with Gasteiger partial charge in [-0.2, -0.15) is 0 Å². The average molecular weight is 287 g/mol. The molecule has 2 aliphatic rings. The topological polar surface area (TPSA) is 55.8 Å². The van der Waals surface area contributed by atoms with Gasteiger partial charge in [0.25, 0.3) is 0 Å². The summed E-state index contributed by atoms with van der Waals surface area (Å²) in [5.74, 6) is -0.626. The van der Waals surface area contributed by atoms with Gasteiger partial charge in [-0.3, -0.25) is 4.90 Å². The minimum absolute atomic E-state index is 0.165. The summed E-state index contributed by atoms with van der Waals surface area (Å²) in [6.45, 7) is 7.18. The summed E-state index contributed by atoms with van der Waals surface area (Å²) < 4.78 is 24.2. The lowest BCUT2D eigenvalue weighted by Crippen LogP contribution is -2.54. The molecule has 5 nitrogen and oxygen atoms in total. The Labute approximate surface area is 118 Å². The summed E-state index contributed by atoms with van der Waals surface area (Å²) in [5.41, 5.74) is -0.677. The summed E-state index contributed by atoms with van der Waals surface area (Å²) >= 11 is 0. The molecular formula is C14H22FNO4. The zero-order valence-electron chi connectivity index (χ0n) is 12.4. The van der Waals surface area contributed by atoms with Crippen LogP contribution >= 0.6 is 0 Å². The highest BCUT2D eigenvalue weighted by atomic mass is 19.1. The van der Waals surface area contributed by atoms with Crippen molar-refractivity contribution < 1.29 is 23.5 Å². The van der Waals surface area contributed by atoms with Gasteiger partial charge in [0.15, 0.2) is 0 Å². The second-order valence-electron chi connectivity index (χ2n) is 6.40. The molecule has 0 aromatic carbocycles. The third-order valence-electron chi connectivity index (χ3n) is 3.73. The smallest absolute Gasteiger partial charge is 0.411 e. The molecule has 1 aliphatic heterocycles. The zero-order chi connectivity index (χ0) is 15.1. The number of hydrogen-bond donors (Lipinski definition) is 0. The predicted octanol–water partition coefficient (Wildman–Crippen LogP) is 2.29. The van der Waals surface area contributed by atoms with Gasteiger partial charge in [-0.25, -0.2) is 14.0 Å². The third-order valence-corrected chi connectivity index (χ3v) is 3.73. The molecule has 1 saturated heterocycles. The first-order valence-electron chi connectivity index (χ1n) is 7.06. The molecule has 0 radical (unpaired) electrons. The molecule has 1 aliphatic carbocycles. The van der Waals surface area contributed by atoms with Crippen LogP contribution < -0.4 is 0 Å². The highest BCUT2D eigenvalue weighted by Gasteiger charge is 2.57. The molecule has 114 valence electrons. The summed E-state index contributed by atoms with van der Waals surface area (Å²) in [6.07, 6.45) is -0.902. The highest BCUT2D eigenvalue weighted by molar-refractivity contribution is 5.83. The Morgan fingerprint density at radius 3 is 2.50 bits per heavy atom. The molecule has 2 fully saturated rings. The number of piperidine rings is 1. The molecule has 2 rings (SSSR count). The van der Waals surface area contributed by atoms with Crippen LogP contribution in [0.4, 0.5) is 9.18 Å². The van der Waals surface area contributed by atoms with Crippen LogP contribution in [0.2, 0.25) is 0 Å². The number of nitrogens with zero attached hydrogens (tertiary/aromatic N) is 1. The van der Waals surface area contributed by atoms with E-state index in [0.717, 1.165) is 0 Å². The molecule has 1 unspecified atom stereocenters. The molecule has 0 N–H and O–H groups in total. The minimum atomic E-state index is -1.09. The van der Waals surface area contributed by atoms with Crippen LogP contribution in [0.5, 0.6) is 0 Å². The van der Waals surface area contributed by atoms with Crippen LogP contribution in [0.15, 0.2) is 0 Å². The Balaban J connectivity index is 2.18. The van der Waals surface area contributed by atoms with Gasteiger partial charge in [0.1, 0.15) is 17.8 Å². The number of carbonyl (C=O) groups excluding carboxylic acids is 2. The Morgan fingerprint density at radius 2 is 1.95 bits per heavy atom. The lowest BCUT2D eigenvalue weighted by molar-refractivity contribution is -0.151. The van der Waals surface area contributed by atoms with Crippen molar-refractivity contribution in [2.45, 2.75) is 64.4 Å². The Hall–Kier alpha value is -1.33. The van der Waals surface area contributed by atoms with Gasteiger partial charge < -0.3 is 9.47 Å². The number of amides is 1. The number of hydrogen-bond acceptors (Lipinski definition) is 4. The molecular weight excluding hydrogens is 265 g/mol. The number of ether oxygens (including phenoxy) is 2. The first-order valence-corrected chi connectivity index (χ1v) is 7.06. The van der Waals surface area contributed by atoms with Crippen LogP contribution in [0.1, 0.15) is 40.5 Å². The first kappa shape index (κ1) is 15.1. The van der Waals surface area contributed by atoms with Gasteiger partial charge in [0.2, 0.25) is 0 Å². The van der Waals surface area contributed by atoms with Crippen LogP contribution in [0.25, 0.3) is 0 Å². The van der Waals surface area contributed by atoms with Crippen LogP contribution in [0, 0.1) is 5.92 Å². The standard InChI is InChI=1S/C14H22FNO4/c1-5-19-12(17)11-8-6-9(15)10(7-8)16(11)13(18)20-14(2,3)4/h8-11H,5-7H2,1-4H3/t8-,9?,10-,11+/m0/s1. The van der Waals surface area contributed by atoms with Crippen molar-refractivity contribution in [3.05, 3.63) is 0 Å². The van der Waals surface area contributed by atoms with Crippen LogP contribution in [-0.4, -0.2) is 47.4 Å². The second-order valence-corrected chi connectivity index (χ2v) is 6.40. The number of rotatable bonds is 2. The monoisotopic (exact) mass is 287 g/mol. The van der Waals surface area contributed by atoms with Crippen LogP contribution in [-0.2, 0) is 14.3 Å². The van der Waals surface area contributed by atoms with E-state index in [4.69, 9.17) is 9.47 Å². The van der Waals surface area contributed by atoms with E-state index < -0.39 is 35.9 Å². The van der Waals surface area contributed by atoms with Crippen LogP contribution in [0.3, 0.4) is 0 Å². The molecule has 0 aromatic rings. The van der Waals surface area contributed by atoms with Crippen molar-refractivity contribution in [1.82, 2.24) is 4.90 Å². The zero-order valence-corrected chi connectivity index (χ0v) is 12.4. The number of esters is 1. The molecule has 4 atom stereocenters. The van der Waals surface area contributed by atoms with E-state index in [-0.39, 0.29) is 12.5 Å². The molecule has 6 heteroatoms. The molecule has 0 aromatic heterocycles. The Kier molecular flexibility index (Phi) is 3.93. The second kappa shape index (κ2) is 5.22. The van der Waals surface area contributed by atoms with E-state index in [1.54, 1.807) is 27.7 Å². The van der Waals surface area contributed by atoms with E-state index in [1.165, 1.54) is 4.90 Å². The van der Waals surface area contributed by atoms with E-state index in [9.17, 15) is 14.0 Å². The Morgan fingerprint density at radius 1 is 1.30 bits per heavy atom. The lowest BCUT2D eigenvalue weighted by Gasteiger charge is -2.36. The molecule has 1 amide bonds. The van der Waals surface area contributed by atoms with Crippen molar-refractivity contribution in [3.8, 4) is 0 Å². The Bertz CT molecular complexity index is 406. The highest BCUT2D eigenvalue weighted by Crippen LogP contribution is 2.45. The quantitative estimate of drug-likeness (QED) is 0.731. The largest absolute Gasteiger partial charge is 0.464 e. The number of likely N-dealkylation sites (tertiary alicyclic amines) is 1. The first-order chi connectivity index (χ1) is 9.24. The van der Waals surface area contributed by atoms with Gasteiger partial charge in [-0.15, -0.1) is 0 Å². The summed E-state index contributed by atoms with van der Waals surface area (Å²) in [5, 5.41) is 0. The van der Waals surface area contributed by atoms with Gasteiger partial charge in [-0.05, 0) is 46.5 Å². The van der Waals surface area contributed by atoms with Crippen molar-refractivity contribution >= 4 is 12.1 Å². The van der Waals surface area contributed by atoms with Crippen molar-refractivity contribution in [2.75, 3.05) is 6.61 Å². The van der Waals surface area contributed by atoms with Crippen molar-refractivity contribution in [1.29, 1.82) is 0 Å². The fraction of sp³-hybridized carbons (Fsp3) is 0.857. The molecule has 1 saturated carbocycles. The van der Waals surface area contributed by atoms with Crippen molar-refractivity contribution in [2.24, 2.45) is 5.92 Å². The third kappa shape index (κ3) is 2.74. The molecule has 20 heavy (non-hydrogen) atoms. The van der Waals surface area contributed by atoms with Gasteiger partial charge >= 0.3 is 12.1 Å². The summed E-state index contributed by atoms with van der Waals surface area (Å²) in [6, 6.07) is -1.27. The molecule has 2 bridgehead atoms. The number of halogens is 1. The fourth-order valence-electron chi connectivity index (χ4n) is 3.08. The molecule has 1 heterocycles. The predicted molar refractivity (Wildman–Crippen MR) is 69.9 cm³/mol. The van der Waals surface area contributed by atoms with Crippen molar-refractivity contribution in [3.63, 3.8) is 0 Å². The van der Waals surface area contributed by atoms with E-state index >= 15 is 0 Å². The van der Waals surface area contributed by atoms with Gasteiger partial charge in [0.05, 0.1) is 12.6 Å². The van der Waals surface area contributed by atoms with Gasteiger partial charge in [-0.1, -0.05) is 0 Å². The number of fused-ring (bicyclic) bond motifs is 2. The van der Waals surface area contributed by atoms with Gasteiger partial charge in [0, 0.05) is 0 Å².